The van der Waals surface area contributed by atoms with Gasteiger partial charge in [-0.05, 0) is 43.0 Å². The van der Waals surface area contributed by atoms with Crippen LogP contribution in [0, 0.1) is 0 Å². The lowest BCUT2D eigenvalue weighted by Crippen LogP contribution is -2.24. The van der Waals surface area contributed by atoms with E-state index in [0.717, 1.165) is 37.1 Å². The fraction of sp³-hybridized carbons (Fsp3) is 0.412. The molecule has 3 rings (SSSR count). The van der Waals surface area contributed by atoms with Gasteiger partial charge in [-0.2, -0.15) is 0 Å². The summed E-state index contributed by atoms with van der Waals surface area (Å²) in [4.78, 5) is 25.6. The molecule has 110 valence electrons. The van der Waals surface area contributed by atoms with Gasteiger partial charge in [0.2, 0.25) is 5.91 Å². The monoisotopic (exact) mass is 285 g/mol. The minimum absolute atomic E-state index is 0.130. The van der Waals surface area contributed by atoms with E-state index in [1.165, 1.54) is 7.11 Å². The number of carbonyl (C=O) groups is 2. The SMILES string of the molecule is COC(=O)c1cc(C2C=CCC2)cc(N2CCCC2=O)c1. The first-order valence-electron chi connectivity index (χ1n) is 7.39. The maximum absolute atomic E-state index is 12.0. The van der Waals surface area contributed by atoms with E-state index in [2.05, 4.69) is 12.2 Å². The highest BCUT2D eigenvalue weighted by Gasteiger charge is 2.24. The van der Waals surface area contributed by atoms with Crippen LogP contribution in [-0.2, 0) is 9.53 Å². The van der Waals surface area contributed by atoms with Gasteiger partial charge in [0.1, 0.15) is 0 Å². The first-order chi connectivity index (χ1) is 10.2. The second kappa shape index (κ2) is 5.72. The first-order valence-corrected chi connectivity index (χ1v) is 7.39. The summed E-state index contributed by atoms with van der Waals surface area (Å²) < 4.78 is 4.84. The Balaban J connectivity index is 2.01. The van der Waals surface area contributed by atoms with E-state index < -0.39 is 0 Å². The van der Waals surface area contributed by atoms with Crippen molar-refractivity contribution >= 4 is 17.6 Å². The van der Waals surface area contributed by atoms with Crippen LogP contribution in [0.1, 0.15) is 47.5 Å². The van der Waals surface area contributed by atoms with Gasteiger partial charge in [0.05, 0.1) is 12.7 Å². The lowest BCUT2D eigenvalue weighted by molar-refractivity contribution is -0.117. The molecule has 1 aliphatic carbocycles. The van der Waals surface area contributed by atoms with Crippen molar-refractivity contribution in [1.82, 2.24) is 0 Å². The Hall–Kier alpha value is -2.10. The van der Waals surface area contributed by atoms with Gasteiger partial charge in [-0.1, -0.05) is 12.2 Å². The van der Waals surface area contributed by atoms with Crippen LogP contribution in [-0.4, -0.2) is 25.5 Å². The summed E-state index contributed by atoms with van der Waals surface area (Å²) in [6.45, 7) is 0.726. The number of benzene rings is 1. The molecule has 1 fully saturated rings. The van der Waals surface area contributed by atoms with Crippen LogP contribution in [0.4, 0.5) is 5.69 Å². The third kappa shape index (κ3) is 2.71. The predicted octanol–water partition coefficient (Wildman–Crippen LogP) is 3.03. The minimum atomic E-state index is -0.355. The Labute approximate surface area is 124 Å². The number of nitrogens with zero attached hydrogens (tertiary/aromatic N) is 1. The molecule has 21 heavy (non-hydrogen) atoms. The molecule has 0 radical (unpaired) electrons. The molecule has 0 saturated carbocycles. The molecule has 4 heteroatoms. The molecular formula is C17H19NO3. The molecule has 0 bridgehead atoms. The highest BCUT2D eigenvalue weighted by molar-refractivity contribution is 5.97. The summed E-state index contributed by atoms with van der Waals surface area (Å²) >= 11 is 0. The molecule has 1 aromatic rings. The van der Waals surface area contributed by atoms with Crippen molar-refractivity contribution in [2.75, 3.05) is 18.6 Å². The zero-order valence-electron chi connectivity index (χ0n) is 12.2. The minimum Gasteiger partial charge on any atom is -0.465 e. The third-order valence-corrected chi connectivity index (χ3v) is 4.19. The number of carbonyl (C=O) groups excluding carboxylic acids is 2. The van der Waals surface area contributed by atoms with E-state index >= 15 is 0 Å². The fourth-order valence-electron chi connectivity index (χ4n) is 3.07. The molecule has 0 aromatic heterocycles. The quantitative estimate of drug-likeness (QED) is 0.633. The molecule has 0 spiro atoms. The van der Waals surface area contributed by atoms with Gasteiger partial charge in [-0.3, -0.25) is 4.79 Å². The number of anilines is 1. The lowest BCUT2D eigenvalue weighted by Gasteiger charge is -2.19. The Morgan fingerprint density at radius 1 is 1.33 bits per heavy atom. The molecule has 1 unspecified atom stereocenters. The molecule has 4 nitrogen and oxygen atoms in total. The van der Waals surface area contributed by atoms with Crippen LogP contribution in [0.2, 0.25) is 0 Å². The fourth-order valence-corrected chi connectivity index (χ4v) is 3.07. The molecule has 1 heterocycles. The number of esters is 1. The maximum atomic E-state index is 12.0. The van der Waals surface area contributed by atoms with Crippen molar-refractivity contribution in [3.8, 4) is 0 Å². The molecule has 2 aliphatic rings. The maximum Gasteiger partial charge on any atom is 0.337 e. The summed E-state index contributed by atoms with van der Waals surface area (Å²) in [5.41, 5.74) is 2.42. The topological polar surface area (TPSA) is 46.6 Å². The van der Waals surface area contributed by atoms with Gasteiger partial charge in [-0.15, -0.1) is 0 Å². The second-order valence-corrected chi connectivity index (χ2v) is 5.57. The molecule has 1 atom stereocenters. The van der Waals surface area contributed by atoms with Crippen molar-refractivity contribution in [3.05, 3.63) is 41.5 Å². The van der Waals surface area contributed by atoms with Crippen molar-refractivity contribution in [1.29, 1.82) is 0 Å². The first kappa shape index (κ1) is 13.9. The average molecular weight is 285 g/mol. The molecule has 0 N–H and O–H groups in total. The zero-order chi connectivity index (χ0) is 14.8. The number of hydrogen-bond donors (Lipinski definition) is 0. The molecule has 1 aromatic carbocycles. The number of hydrogen-bond acceptors (Lipinski definition) is 3. The van der Waals surface area contributed by atoms with E-state index in [-0.39, 0.29) is 11.9 Å². The van der Waals surface area contributed by atoms with Crippen molar-refractivity contribution < 1.29 is 14.3 Å². The van der Waals surface area contributed by atoms with Gasteiger partial charge in [0.25, 0.3) is 0 Å². The third-order valence-electron chi connectivity index (χ3n) is 4.19. The van der Waals surface area contributed by atoms with E-state index in [1.807, 2.05) is 12.1 Å². The summed E-state index contributed by atoms with van der Waals surface area (Å²) in [5, 5.41) is 0. The van der Waals surface area contributed by atoms with E-state index in [9.17, 15) is 9.59 Å². The highest BCUT2D eigenvalue weighted by atomic mass is 16.5. The smallest absolute Gasteiger partial charge is 0.337 e. The van der Waals surface area contributed by atoms with Crippen LogP contribution in [0.3, 0.4) is 0 Å². The summed E-state index contributed by atoms with van der Waals surface area (Å²) in [6, 6.07) is 5.68. The Morgan fingerprint density at radius 3 is 2.81 bits per heavy atom. The Bertz CT molecular complexity index is 606. The second-order valence-electron chi connectivity index (χ2n) is 5.57. The Morgan fingerprint density at radius 2 is 2.19 bits per heavy atom. The normalized spacial score (nSPS) is 21.1. The zero-order valence-corrected chi connectivity index (χ0v) is 12.2. The summed E-state index contributed by atoms with van der Waals surface area (Å²) in [7, 11) is 1.38. The van der Waals surface area contributed by atoms with Gasteiger partial charge < -0.3 is 9.64 Å². The standard InChI is InChI=1S/C17H19NO3/c1-21-17(20)14-9-13(12-5-2-3-6-12)10-15(11-14)18-8-4-7-16(18)19/h2,5,9-12H,3-4,6-8H2,1H3. The highest BCUT2D eigenvalue weighted by Crippen LogP contribution is 2.33. The van der Waals surface area contributed by atoms with Crippen molar-refractivity contribution in [2.45, 2.75) is 31.6 Å². The van der Waals surface area contributed by atoms with Crippen LogP contribution >= 0.6 is 0 Å². The van der Waals surface area contributed by atoms with Crippen molar-refractivity contribution in [2.24, 2.45) is 0 Å². The lowest BCUT2D eigenvalue weighted by atomic mass is 9.96. The van der Waals surface area contributed by atoms with Crippen LogP contribution < -0.4 is 4.90 Å². The summed E-state index contributed by atoms with van der Waals surface area (Å²) in [6.07, 6.45) is 7.91. The summed E-state index contributed by atoms with van der Waals surface area (Å²) in [5.74, 6) is 0.0997. The van der Waals surface area contributed by atoms with Gasteiger partial charge in [0, 0.05) is 24.6 Å². The predicted molar refractivity (Wildman–Crippen MR) is 80.5 cm³/mol. The van der Waals surface area contributed by atoms with E-state index in [1.54, 1.807) is 11.0 Å². The van der Waals surface area contributed by atoms with Crippen LogP contribution in [0.5, 0.6) is 0 Å². The van der Waals surface area contributed by atoms with E-state index in [0.29, 0.717) is 17.9 Å². The number of amides is 1. The van der Waals surface area contributed by atoms with Gasteiger partial charge >= 0.3 is 5.97 Å². The molecule has 1 saturated heterocycles. The van der Waals surface area contributed by atoms with Crippen LogP contribution in [0.25, 0.3) is 0 Å². The van der Waals surface area contributed by atoms with Crippen LogP contribution in [0.15, 0.2) is 30.4 Å². The molecule has 1 amide bonds. The molecular weight excluding hydrogens is 266 g/mol. The van der Waals surface area contributed by atoms with Crippen molar-refractivity contribution in [3.63, 3.8) is 0 Å². The van der Waals surface area contributed by atoms with Gasteiger partial charge in [-0.25, -0.2) is 4.79 Å². The van der Waals surface area contributed by atoms with Gasteiger partial charge in [0.15, 0.2) is 0 Å². The Kier molecular flexibility index (Phi) is 3.78. The number of allylic oxidation sites excluding steroid dienone is 2. The number of rotatable bonds is 3. The molecule has 1 aliphatic heterocycles. The number of ether oxygens (including phenoxy) is 1. The number of methoxy groups -OCH3 is 1. The average Bonchev–Trinajstić information content (AvgIpc) is 3.17. The van der Waals surface area contributed by atoms with E-state index in [4.69, 9.17) is 4.74 Å². The largest absolute Gasteiger partial charge is 0.465 e.